The lowest BCUT2D eigenvalue weighted by Crippen LogP contribution is -2.07. The molecule has 1 aromatic carbocycles. The van der Waals surface area contributed by atoms with Gasteiger partial charge in [-0.25, -0.2) is 0 Å². The van der Waals surface area contributed by atoms with Crippen molar-refractivity contribution in [1.82, 2.24) is 0 Å². The fraction of sp³-hybridized carbons (Fsp3) is 0.571. The van der Waals surface area contributed by atoms with Gasteiger partial charge in [0, 0.05) is 5.38 Å². The number of hydrogen-bond donors (Lipinski definition) is 0. The number of rotatable bonds is 6. The standard InChI is InChI=1S/C14H21ClO2/c1-10(2)7-12(15)8-11-5-6-13(16-3)14(9-11)17-4/h5-6,9-10,12H,7-8H2,1-4H3. The smallest absolute Gasteiger partial charge is 0.160 e. The van der Waals surface area contributed by atoms with E-state index in [-0.39, 0.29) is 5.38 Å². The summed E-state index contributed by atoms with van der Waals surface area (Å²) in [5.41, 5.74) is 1.18. The van der Waals surface area contributed by atoms with E-state index in [2.05, 4.69) is 13.8 Å². The van der Waals surface area contributed by atoms with Gasteiger partial charge in [0.25, 0.3) is 0 Å². The highest BCUT2D eigenvalue weighted by Crippen LogP contribution is 2.29. The number of halogens is 1. The quantitative estimate of drug-likeness (QED) is 0.719. The van der Waals surface area contributed by atoms with Gasteiger partial charge in [-0.2, -0.15) is 0 Å². The van der Waals surface area contributed by atoms with Crippen LogP contribution < -0.4 is 9.47 Å². The van der Waals surface area contributed by atoms with Crippen LogP contribution in [0, 0.1) is 5.92 Å². The molecule has 0 saturated carbocycles. The van der Waals surface area contributed by atoms with E-state index in [1.54, 1.807) is 14.2 Å². The van der Waals surface area contributed by atoms with Gasteiger partial charge in [-0.1, -0.05) is 19.9 Å². The van der Waals surface area contributed by atoms with Gasteiger partial charge in [0.2, 0.25) is 0 Å². The number of alkyl halides is 1. The Balaban J connectivity index is 2.72. The van der Waals surface area contributed by atoms with Crippen LogP contribution >= 0.6 is 11.6 Å². The summed E-state index contributed by atoms with van der Waals surface area (Å²) in [5.74, 6) is 2.14. The highest BCUT2D eigenvalue weighted by molar-refractivity contribution is 6.20. The molecular weight excluding hydrogens is 236 g/mol. The Labute approximate surface area is 109 Å². The molecule has 1 atom stereocenters. The normalized spacial score (nSPS) is 12.6. The molecule has 2 nitrogen and oxygen atoms in total. The largest absolute Gasteiger partial charge is 0.493 e. The monoisotopic (exact) mass is 256 g/mol. The van der Waals surface area contributed by atoms with E-state index in [4.69, 9.17) is 21.1 Å². The zero-order chi connectivity index (χ0) is 12.8. The van der Waals surface area contributed by atoms with E-state index >= 15 is 0 Å². The van der Waals surface area contributed by atoms with Crippen molar-refractivity contribution in [3.8, 4) is 11.5 Å². The van der Waals surface area contributed by atoms with Crippen LogP contribution in [0.2, 0.25) is 0 Å². The van der Waals surface area contributed by atoms with E-state index in [0.717, 1.165) is 24.3 Å². The van der Waals surface area contributed by atoms with E-state index < -0.39 is 0 Å². The molecule has 0 radical (unpaired) electrons. The summed E-state index contributed by atoms with van der Waals surface area (Å²) in [6, 6.07) is 5.96. The third-order valence-electron chi connectivity index (χ3n) is 2.63. The zero-order valence-electron chi connectivity index (χ0n) is 11.0. The molecule has 0 amide bonds. The Morgan fingerprint density at radius 1 is 1.12 bits per heavy atom. The van der Waals surface area contributed by atoms with Crippen LogP contribution in [0.1, 0.15) is 25.8 Å². The Bertz CT molecular complexity index is 350. The summed E-state index contributed by atoms with van der Waals surface area (Å²) in [6.45, 7) is 4.37. The molecule has 0 bridgehead atoms. The first-order chi connectivity index (χ1) is 8.06. The number of methoxy groups -OCH3 is 2. The predicted molar refractivity (Wildman–Crippen MR) is 72.3 cm³/mol. The van der Waals surface area contributed by atoms with Crippen molar-refractivity contribution in [2.24, 2.45) is 5.92 Å². The molecular formula is C14H21ClO2. The Morgan fingerprint density at radius 3 is 2.29 bits per heavy atom. The molecule has 0 spiro atoms. The second-order valence-electron chi connectivity index (χ2n) is 4.62. The third kappa shape index (κ3) is 4.47. The molecule has 0 aliphatic carbocycles. The molecule has 0 saturated heterocycles. The summed E-state index contributed by atoms with van der Waals surface area (Å²) >= 11 is 6.31. The summed E-state index contributed by atoms with van der Waals surface area (Å²) in [6.07, 6.45) is 1.88. The first kappa shape index (κ1) is 14.2. The fourth-order valence-corrected chi connectivity index (χ4v) is 2.39. The summed E-state index contributed by atoms with van der Waals surface area (Å²) in [4.78, 5) is 0. The van der Waals surface area contributed by atoms with Crippen molar-refractivity contribution in [2.75, 3.05) is 14.2 Å². The van der Waals surface area contributed by atoms with Crippen LogP contribution in [0.5, 0.6) is 11.5 Å². The average Bonchev–Trinajstić information content (AvgIpc) is 2.27. The van der Waals surface area contributed by atoms with Gasteiger partial charge in [-0.3, -0.25) is 0 Å². The van der Waals surface area contributed by atoms with Crippen LogP contribution in [-0.2, 0) is 6.42 Å². The number of benzene rings is 1. The zero-order valence-corrected chi connectivity index (χ0v) is 11.8. The lowest BCUT2D eigenvalue weighted by atomic mass is 10.0. The number of ether oxygens (including phenoxy) is 2. The lowest BCUT2D eigenvalue weighted by Gasteiger charge is -2.14. The second kappa shape index (κ2) is 6.75. The minimum atomic E-state index is 0.174. The lowest BCUT2D eigenvalue weighted by molar-refractivity contribution is 0.354. The van der Waals surface area contributed by atoms with Gasteiger partial charge >= 0.3 is 0 Å². The maximum absolute atomic E-state index is 6.31. The molecule has 1 aromatic rings. The van der Waals surface area contributed by atoms with Gasteiger partial charge in [0.1, 0.15) is 0 Å². The Kier molecular flexibility index (Phi) is 5.63. The van der Waals surface area contributed by atoms with Gasteiger partial charge in [-0.15, -0.1) is 11.6 Å². The molecule has 3 heteroatoms. The summed E-state index contributed by atoms with van der Waals surface area (Å²) in [7, 11) is 3.29. The molecule has 0 aliphatic heterocycles. The van der Waals surface area contributed by atoms with Crippen molar-refractivity contribution in [2.45, 2.75) is 32.1 Å². The molecule has 0 heterocycles. The molecule has 0 N–H and O–H groups in total. The fourth-order valence-electron chi connectivity index (χ4n) is 1.86. The van der Waals surface area contributed by atoms with Crippen LogP contribution in [-0.4, -0.2) is 19.6 Å². The molecule has 0 fully saturated rings. The minimum Gasteiger partial charge on any atom is -0.493 e. The van der Waals surface area contributed by atoms with Gasteiger partial charge < -0.3 is 9.47 Å². The molecule has 17 heavy (non-hydrogen) atoms. The SMILES string of the molecule is COc1ccc(CC(Cl)CC(C)C)cc1OC. The van der Waals surface area contributed by atoms with Crippen LogP contribution in [0.4, 0.5) is 0 Å². The van der Waals surface area contributed by atoms with Crippen molar-refractivity contribution in [3.63, 3.8) is 0 Å². The van der Waals surface area contributed by atoms with Crippen LogP contribution in [0.3, 0.4) is 0 Å². The molecule has 0 aromatic heterocycles. The topological polar surface area (TPSA) is 18.5 Å². The van der Waals surface area contributed by atoms with Gasteiger partial charge in [0.05, 0.1) is 14.2 Å². The Morgan fingerprint density at radius 2 is 1.76 bits per heavy atom. The van der Waals surface area contributed by atoms with E-state index in [1.165, 1.54) is 5.56 Å². The third-order valence-corrected chi connectivity index (χ3v) is 2.96. The molecule has 1 unspecified atom stereocenters. The minimum absolute atomic E-state index is 0.174. The van der Waals surface area contributed by atoms with Gasteiger partial charge in [0.15, 0.2) is 11.5 Å². The summed E-state index contributed by atoms with van der Waals surface area (Å²) in [5, 5.41) is 0.174. The number of hydrogen-bond acceptors (Lipinski definition) is 2. The second-order valence-corrected chi connectivity index (χ2v) is 5.24. The molecule has 1 rings (SSSR count). The Hall–Kier alpha value is -0.890. The van der Waals surface area contributed by atoms with Crippen molar-refractivity contribution >= 4 is 11.6 Å². The highest BCUT2D eigenvalue weighted by atomic mass is 35.5. The van der Waals surface area contributed by atoms with E-state index in [0.29, 0.717) is 5.92 Å². The molecule has 96 valence electrons. The maximum atomic E-state index is 6.31. The maximum Gasteiger partial charge on any atom is 0.160 e. The van der Waals surface area contributed by atoms with Crippen molar-refractivity contribution < 1.29 is 9.47 Å². The van der Waals surface area contributed by atoms with Crippen LogP contribution in [0.15, 0.2) is 18.2 Å². The van der Waals surface area contributed by atoms with Gasteiger partial charge in [-0.05, 0) is 36.5 Å². The molecule has 0 aliphatic rings. The first-order valence-electron chi connectivity index (χ1n) is 5.91. The van der Waals surface area contributed by atoms with Crippen molar-refractivity contribution in [3.05, 3.63) is 23.8 Å². The first-order valence-corrected chi connectivity index (χ1v) is 6.35. The average molecular weight is 257 g/mol. The summed E-state index contributed by atoms with van der Waals surface area (Å²) < 4.78 is 10.5. The van der Waals surface area contributed by atoms with E-state index in [9.17, 15) is 0 Å². The van der Waals surface area contributed by atoms with E-state index in [1.807, 2.05) is 18.2 Å². The van der Waals surface area contributed by atoms with Crippen LogP contribution in [0.25, 0.3) is 0 Å². The predicted octanol–water partition coefficient (Wildman–Crippen LogP) is 3.90. The highest BCUT2D eigenvalue weighted by Gasteiger charge is 2.10. The van der Waals surface area contributed by atoms with Crippen molar-refractivity contribution in [1.29, 1.82) is 0 Å².